The highest BCUT2D eigenvalue weighted by Gasteiger charge is 2.26. The van der Waals surface area contributed by atoms with Gasteiger partial charge in [0.05, 0.1) is 6.61 Å². The van der Waals surface area contributed by atoms with Crippen molar-refractivity contribution >= 4 is 11.9 Å². The quantitative estimate of drug-likeness (QED) is 0.699. The molecule has 0 spiro atoms. The number of rotatable bonds is 8. The van der Waals surface area contributed by atoms with Crippen LogP contribution < -0.4 is 5.32 Å². The summed E-state index contributed by atoms with van der Waals surface area (Å²) in [5.74, 6) is 0.705. The molecule has 0 radical (unpaired) electrons. The fourth-order valence-corrected chi connectivity index (χ4v) is 2.72. The van der Waals surface area contributed by atoms with Crippen molar-refractivity contribution in [3.05, 3.63) is 0 Å². The molecule has 0 aromatic heterocycles. The van der Waals surface area contributed by atoms with Crippen molar-refractivity contribution in [3.63, 3.8) is 0 Å². The van der Waals surface area contributed by atoms with Crippen LogP contribution in [-0.4, -0.2) is 24.5 Å². The van der Waals surface area contributed by atoms with Gasteiger partial charge in [-0.25, -0.2) is 4.79 Å². The van der Waals surface area contributed by atoms with Gasteiger partial charge in [0.2, 0.25) is 5.91 Å². The van der Waals surface area contributed by atoms with Gasteiger partial charge in [-0.1, -0.05) is 53.4 Å². The topological polar surface area (TPSA) is 55.4 Å². The van der Waals surface area contributed by atoms with E-state index in [0.29, 0.717) is 24.9 Å². The highest BCUT2D eigenvalue weighted by Crippen LogP contribution is 2.28. The predicted molar refractivity (Wildman–Crippen MR) is 83.8 cm³/mol. The van der Waals surface area contributed by atoms with Crippen LogP contribution in [0.25, 0.3) is 0 Å². The summed E-state index contributed by atoms with van der Waals surface area (Å²) in [6.45, 7) is 8.26. The van der Waals surface area contributed by atoms with Crippen LogP contribution in [0.5, 0.6) is 0 Å². The molecule has 1 fully saturated rings. The van der Waals surface area contributed by atoms with E-state index in [1.165, 1.54) is 25.7 Å². The van der Waals surface area contributed by atoms with E-state index in [0.717, 1.165) is 6.42 Å². The molecule has 1 aliphatic carbocycles. The molecule has 1 atom stereocenters. The van der Waals surface area contributed by atoms with Crippen molar-refractivity contribution in [3.8, 4) is 0 Å². The van der Waals surface area contributed by atoms with Crippen LogP contribution in [-0.2, 0) is 14.3 Å². The van der Waals surface area contributed by atoms with E-state index in [2.05, 4.69) is 5.32 Å². The first-order valence-corrected chi connectivity index (χ1v) is 8.36. The van der Waals surface area contributed by atoms with Crippen molar-refractivity contribution < 1.29 is 14.3 Å². The van der Waals surface area contributed by atoms with E-state index >= 15 is 0 Å². The lowest BCUT2D eigenvalue weighted by molar-refractivity contribution is -0.150. The number of nitrogens with one attached hydrogen (secondary N) is 1. The second-order valence-electron chi connectivity index (χ2n) is 7.00. The Morgan fingerprint density at radius 2 is 1.76 bits per heavy atom. The van der Waals surface area contributed by atoms with E-state index in [1.54, 1.807) is 0 Å². The monoisotopic (exact) mass is 297 g/mol. The molecule has 0 heterocycles. The summed E-state index contributed by atoms with van der Waals surface area (Å²) in [6, 6.07) is -0.528. The largest absolute Gasteiger partial charge is 0.464 e. The summed E-state index contributed by atoms with van der Waals surface area (Å²) in [4.78, 5) is 24.1. The Morgan fingerprint density at radius 1 is 1.14 bits per heavy atom. The number of carbonyl (C=O) groups is 2. The van der Waals surface area contributed by atoms with Crippen LogP contribution in [0, 0.1) is 17.8 Å². The molecule has 0 aliphatic heterocycles. The van der Waals surface area contributed by atoms with Gasteiger partial charge >= 0.3 is 5.97 Å². The molecule has 0 bridgehead atoms. The Labute approximate surface area is 129 Å². The smallest absolute Gasteiger partial charge is 0.328 e. The van der Waals surface area contributed by atoms with Crippen LogP contribution >= 0.6 is 0 Å². The Hall–Kier alpha value is -1.06. The van der Waals surface area contributed by atoms with Crippen molar-refractivity contribution in [2.75, 3.05) is 6.61 Å². The number of ether oxygens (including phenoxy) is 1. The third-order valence-corrected chi connectivity index (χ3v) is 4.05. The van der Waals surface area contributed by atoms with Crippen LogP contribution in [0.2, 0.25) is 0 Å². The van der Waals surface area contributed by atoms with Gasteiger partial charge in [-0.15, -0.1) is 0 Å². The zero-order chi connectivity index (χ0) is 15.8. The summed E-state index contributed by atoms with van der Waals surface area (Å²) >= 11 is 0. The molecule has 0 saturated heterocycles. The molecule has 1 N–H and O–H groups in total. The third-order valence-electron chi connectivity index (χ3n) is 4.05. The minimum Gasteiger partial charge on any atom is -0.464 e. The van der Waals surface area contributed by atoms with Gasteiger partial charge in [0.25, 0.3) is 0 Å². The molecule has 4 heteroatoms. The molecule has 122 valence electrons. The molecule has 1 aliphatic rings. The normalized spacial score (nSPS) is 17.2. The second-order valence-corrected chi connectivity index (χ2v) is 7.00. The van der Waals surface area contributed by atoms with E-state index in [4.69, 9.17) is 4.74 Å². The minimum atomic E-state index is -0.528. The predicted octanol–water partition coefficient (Wildman–Crippen LogP) is 3.30. The molecular formula is C17H31NO3. The summed E-state index contributed by atoms with van der Waals surface area (Å²) in [5.41, 5.74) is 0. The van der Waals surface area contributed by atoms with E-state index in [1.807, 2.05) is 27.7 Å². The van der Waals surface area contributed by atoms with Crippen LogP contribution in [0.4, 0.5) is 0 Å². The third kappa shape index (κ3) is 6.96. The first-order chi connectivity index (χ1) is 9.90. The SMILES string of the molecule is CC(C)COC(=O)C(NC(=O)CCC1CCCC1)C(C)C. The molecule has 4 nitrogen and oxygen atoms in total. The maximum Gasteiger partial charge on any atom is 0.328 e. The fourth-order valence-electron chi connectivity index (χ4n) is 2.72. The Bertz CT molecular complexity index is 333. The molecule has 1 unspecified atom stereocenters. The molecule has 1 saturated carbocycles. The van der Waals surface area contributed by atoms with Crippen LogP contribution in [0.15, 0.2) is 0 Å². The number of carbonyl (C=O) groups excluding carboxylic acids is 2. The average Bonchev–Trinajstić information content (AvgIpc) is 2.92. The highest BCUT2D eigenvalue weighted by atomic mass is 16.5. The minimum absolute atomic E-state index is 0.0258. The molecular weight excluding hydrogens is 266 g/mol. The molecule has 0 aromatic rings. The van der Waals surface area contributed by atoms with Crippen LogP contribution in [0.3, 0.4) is 0 Å². The summed E-state index contributed by atoms with van der Waals surface area (Å²) in [6.07, 6.45) is 6.54. The summed E-state index contributed by atoms with van der Waals surface area (Å²) in [7, 11) is 0. The second kappa shape index (κ2) is 9.06. The van der Waals surface area contributed by atoms with E-state index in [-0.39, 0.29) is 17.8 Å². The first-order valence-electron chi connectivity index (χ1n) is 8.36. The van der Waals surface area contributed by atoms with Crippen molar-refractivity contribution in [1.29, 1.82) is 0 Å². The van der Waals surface area contributed by atoms with Gasteiger partial charge in [0.15, 0.2) is 0 Å². The standard InChI is InChI=1S/C17H31NO3/c1-12(2)11-21-17(20)16(13(3)4)18-15(19)10-9-14-7-5-6-8-14/h12-14,16H,5-11H2,1-4H3,(H,18,19). The van der Waals surface area contributed by atoms with Crippen molar-refractivity contribution in [1.82, 2.24) is 5.32 Å². The molecule has 21 heavy (non-hydrogen) atoms. The van der Waals surface area contributed by atoms with E-state index < -0.39 is 6.04 Å². The number of hydrogen-bond donors (Lipinski definition) is 1. The Kier molecular flexibility index (Phi) is 7.76. The Balaban J connectivity index is 2.37. The first kappa shape index (κ1) is 18.0. The lowest BCUT2D eigenvalue weighted by Crippen LogP contribution is -2.45. The molecule has 0 aromatic carbocycles. The zero-order valence-corrected chi connectivity index (χ0v) is 14.0. The maximum atomic E-state index is 12.0. The number of amides is 1. The van der Waals surface area contributed by atoms with Gasteiger partial charge in [0.1, 0.15) is 6.04 Å². The summed E-state index contributed by atoms with van der Waals surface area (Å²) in [5, 5.41) is 2.85. The van der Waals surface area contributed by atoms with Crippen molar-refractivity contribution in [2.24, 2.45) is 17.8 Å². The lowest BCUT2D eigenvalue weighted by atomic mass is 10.0. The summed E-state index contributed by atoms with van der Waals surface area (Å²) < 4.78 is 5.25. The van der Waals surface area contributed by atoms with Gasteiger partial charge in [-0.3, -0.25) is 4.79 Å². The highest BCUT2D eigenvalue weighted by molar-refractivity contribution is 5.84. The van der Waals surface area contributed by atoms with Crippen molar-refractivity contribution in [2.45, 2.75) is 72.3 Å². The maximum absolute atomic E-state index is 12.0. The zero-order valence-electron chi connectivity index (χ0n) is 14.0. The number of esters is 1. The van der Waals surface area contributed by atoms with Gasteiger partial charge in [0, 0.05) is 6.42 Å². The van der Waals surface area contributed by atoms with Gasteiger partial charge < -0.3 is 10.1 Å². The molecule has 1 rings (SSSR count). The fraction of sp³-hybridized carbons (Fsp3) is 0.882. The van der Waals surface area contributed by atoms with E-state index in [9.17, 15) is 9.59 Å². The lowest BCUT2D eigenvalue weighted by Gasteiger charge is -2.21. The van der Waals surface area contributed by atoms with Gasteiger partial charge in [-0.2, -0.15) is 0 Å². The average molecular weight is 297 g/mol. The Morgan fingerprint density at radius 3 is 2.29 bits per heavy atom. The number of hydrogen-bond acceptors (Lipinski definition) is 3. The van der Waals surface area contributed by atoms with Gasteiger partial charge in [-0.05, 0) is 24.2 Å². The van der Waals surface area contributed by atoms with Crippen LogP contribution in [0.1, 0.15) is 66.2 Å². The molecule has 1 amide bonds.